The predicted octanol–water partition coefficient (Wildman–Crippen LogP) is 1.09. The molecule has 2 aromatic heterocycles. The maximum Gasteiger partial charge on any atom is 0.256 e. The first-order chi connectivity index (χ1) is 13.6. The van der Waals surface area contributed by atoms with E-state index in [1.54, 1.807) is 24.4 Å². The minimum Gasteiger partial charge on any atom is -0.355 e. The minimum absolute atomic E-state index is 0.0963. The molecule has 28 heavy (non-hydrogen) atoms. The van der Waals surface area contributed by atoms with Crippen LogP contribution >= 0.6 is 0 Å². The molecular weight excluding hydrogens is 358 g/mol. The van der Waals surface area contributed by atoms with Gasteiger partial charge < -0.3 is 10.6 Å². The van der Waals surface area contributed by atoms with Crippen LogP contribution in [0.1, 0.15) is 29.3 Å². The normalized spacial score (nSPS) is 17.9. The molecule has 0 aliphatic carbocycles. The molecule has 0 saturated carbocycles. The van der Waals surface area contributed by atoms with Crippen LogP contribution in [0.5, 0.6) is 0 Å². The molecule has 9 heteroatoms. The number of rotatable bonds is 4. The number of nitrogens with one attached hydrogen (secondary N) is 2. The van der Waals surface area contributed by atoms with Gasteiger partial charge in [-0.3, -0.25) is 14.5 Å². The third kappa shape index (κ3) is 3.84. The summed E-state index contributed by atoms with van der Waals surface area (Å²) in [5.41, 5.74) is 1.65. The topological polar surface area (TPSA) is 105 Å². The van der Waals surface area contributed by atoms with Gasteiger partial charge in [-0.2, -0.15) is 14.6 Å². The van der Waals surface area contributed by atoms with Gasteiger partial charge in [-0.25, -0.2) is 4.98 Å². The summed E-state index contributed by atoms with van der Waals surface area (Å²) in [5, 5.41) is 9.81. The third-order valence-corrected chi connectivity index (χ3v) is 4.87. The lowest BCUT2D eigenvalue weighted by Crippen LogP contribution is -2.37. The molecule has 0 radical (unpaired) electrons. The molecule has 1 atom stereocenters. The Morgan fingerprint density at radius 1 is 1.25 bits per heavy atom. The van der Waals surface area contributed by atoms with Gasteiger partial charge in [0.25, 0.3) is 11.7 Å². The van der Waals surface area contributed by atoms with Gasteiger partial charge in [0.1, 0.15) is 12.1 Å². The van der Waals surface area contributed by atoms with Gasteiger partial charge in [0.15, 0.2) is 0 Å². The lowest BCUT2D eigenvalue weighted by Gasteiger charge is -2.26. The molecule has 1 aliphatic heterocycles. The van der Waals surface area contributed by atoms with E-state index in [1.165, 1.54) is 10.8 Å². The standard InChI is InChI=1S/C19H21N7O2/c1-13-10-21-17(27)7-9-25(13)11-14-2-4-15(5-3-14)18(28)24-16-6-8-20-19-22-12-23-26(16)19/h2-6,8,12-13H,7,9-11H2,1H3,(H,21,27)(H,24,28)/t13-/m0/s1. The second-order valence-electron chi connectivity index (χ2n) is 6.83. The molecule has 0 unspecified atom stereocenters. The van der Waals surface area contributed by atoms with Gasteiger partial charge in [-0.1, -0.05) is 12.1 Å². The highest BCUT2D eigenvalue weighted by Crippen LogP contribution is 2.14. The first kappa shape index (κ1) is 18.1. The van der Waals surface area contributed by atoms with Crippen LogP contribution in [0.25, 0.3) is 5.78 Å². The minimum atomic E-state index is -0.229. The first-order valence-corrected chi connectivity index (χ1v) is 9.16. The molecule has 3 aromatic rings. The van der Waals surface area contributed by atoms with Crippen LogP contribution in [-0.2, 0) is 11.3 Å². The Labute approximate surface area is 161 Å². The van der Waals surface area contributed by atoms with E-state index in [9.17, 15) is 9.59 Å². The van der Waals surface area contributed by atoms with Crippen molar-refractivity contribution < 1.29 is 9.59 Å². The van der Waals surface area contributed by atoms with Crippen LogP contribution in [0.3, 0.4) is 0 Å². The quantitative estimate of drug-likeness (QED) is 0.703. The Balaban J connectivity index is 1.43. The fourth-order valence-electron chi connectivity index (χ4n) is 3.20. The zero-order valence-electron chi connectivity index (χ0n) is 15.5. The summed E-state index contributed by atoms with van der Waals surface area (Å²) in [7, 11) is 0. The summed E-state index contributed by atoms with van der Waals surface area (Å²) in [4.78, 5) is 34.5. The largest absolute Gasteiger partial charge is 0.355 e. The summed E-state index contributed by atoms with van der Waals surface area (Å²) < 4.78 is 1.47. The number of nitrogens with zero attached hydrogens (tertiary/aromatic N) is 5. The average Bonchev–Trinajstić information content (AvgIpc) is 3.13. The molecule has 1 aliphatic rings. The molecule has 1 saturated heterocycles. The van der Waals surface area contributed by atoms with E-state index in [0.717, 1.165) is 18.7 Å². The van der Waals surface area contributed by atoms with Crippen LogP contribution in [-0.4, -0.2) is 55.4 Å². The summed E-state index contributed by atoms with van der Waals surface area (Å²) in [6, 6.07) is 9.43. The van der Waals surface area contributed by atoms with Crippen molar-refractivity contribution in [2.75, 3.05) is 18.4 Å². The first-order valence-electron chi connectivity index (χ1n) is 9.16. The van der Waals surface area contributed by atoms with Crippen molar-refractivity contribution in [1.29, 1.82) is 0 Å². The fourth-order valence-corrected chi connectivity index (χ4v) is 3.20. The van der Waals surface area contributed by atoms with Crippen LogP contribution in [0.2, 0.25) is 0 Å². The summed E-state index contributed by atoms with van der Waals surface area (Å²) in [5.74, 6) is 0.797. The second kappa shape index (κ2) is 7.73. The zero-order valence-corrected chi connectivity index (χ0v) is 15.5. The molecule has 9 nitrogen and oxygen atoms in total. The molecule has 2 amide bonds. The number of benzene rings is 1. The van der Waals surface area contributed by atoms with Crippen molar-refractivity contribution in [2.24, 2.45) is 0 Å². The molecule has 0 bridgehead atoms. The van der Waals surface area contributed by atoms with E-state index >= 15 is 0 Å². The van der Waals surface area contributed by atoms with Crippen molar-refractivity contribution in [3.05, 3.63) is 54.0 Å². The maximum atomic E-state index is 12.6. The molecule has 3 heterocycles. The van der Waals surface area contributed by atoms with Gasteiger partial charge in [0, 0.05) is 43.9 Å². The number of hydrogen-bond acceptors (Lipinski definition) is 6. The summed E-state index contributed by atoms with van der Waals surface area (Å²) in [6.45, 7) is 4.22. The van der Waals surface area contributed by atoms with Gasteiger partial charge in [0.05, 0.1) is 0 Å². The Bertz CT molecular complexity index is 999. The Morgan fingerprint density at radius 2 is 2.07 bits per heavy atom. The van der Waals surface area contributed by atoms with E-state index in [-0.39, 0.29) is 17.9 Å². The second-order valence-corrected chi connectivity index (χ2v) is 6.83. The maximum absolute atomic E-state index is 12.6. The fraction of sp³-hybridized carbons (Fsp3) is 0.316. The van der Waals surface area contributed by atoms with Crippen LogP contribution < -0.4 is 10.6 Å². The predicted molar refractivity (Wildman–Crippen MR) is 103 cm³/mol. The number of hydrogen-bond donors (Lipinski definition) is 2. The number of aromatic nitrogens is 4. The highest BCUT2D eigenvalue weighted by molar-refractivity contribution is 6.03. The average molecular weight is 379 g/mol. The highest BCUT2D eigenvalue weighted by atomic mass is 16.2. The molecule has 1 aromatic carbocycles. The van der Waals surface area contributed by atoms with Gasteiger partial charge in [0.2, 0.25) is 5.91 Å². The van der Waals surface area contributed by atoms with Crippen molar-refractivity contribution in [2.45, 2.75) is 25.9 Å². The third-order valence-electron chi connectivity index (χ3n) is 4.87. The smallest absolute Gasteiger partial charge is 0.256 e. The number of carbonyl (C=O) groups is 2. The van der Waals surface area contributed by atoms with Crippen LogP contribution in [0, 0.1) is 0 Å². The molecule has 0 spiro atoms. The van der Waals surface area contributed by atoms with Gasteiger partial charge in [-0.15, -0.1) is 0 Å². The van der Waals surface area contributed by atoms with E-state index in [1.807, 2.05) is 12.1 Å². The van der Waals surface area contributed by atoms with Gasteiger partial charge >= 0.3 is 0 Å². The van der Waals surface area contributed by atoms with E-state index in [2.05, 4.69) is 37.5 Å². The van der Waals surface area contributed by atoms with E-state index in [0.29, 0.717) is 30.1 Å². The summed E-state index contributed by atoms with van der Waals surface area (Å²) in [6.07, 6.45) is 3.47. The summed E-state index contributed by atoms with van der Waals surface area (Å²) >= 11 is 0. The number of amides is 2. The van der Waals surface area contributed by atoms with Gasteiger partial charge in [-0.05, 0) is 30.7 Å². The monoisotopic (exact) mass is 379 g/mol. The van der Waals surface area contributed by atoms with Crippen molar-refractivity contribution in [3.63, 3.8) is 0 Å². The number of fused-ring (bicyclic) bond motifs is 1. The Hall–Kier alpha value is -3.33. The Kier molecular flexibility index (Phi) is 4.98. The molecule has 1 fully saturated rings. The van der Waals surface area contributed by atoms with Crippen LogP contribution in [0.4, 0.5) is 5.82 Å². The van der Waals surface area contributed by atoms with E-state index in [4.69, 9.17) is 0 Å². The van der Waals surface area contributed by atoms with Crippen molar-refractivity contribution in [1.82, 2.24) is 29.8 Å². The Morgan fingerprint density at radius 3 is 2.89 bits per heavy atom. The molecule has 2 N–H and O–H groups in total. The lowest BCUT2D eigenvalue weighted by atomic mass is 10.1. The molecule has 144 valence electrons. The zero-order chi connectivity index (χ0) is 19.5. The number of carbonyl (C=O) groups excluding carboxylic acids is 2. The lowest BCUT2D eigenvalue weighted by molar-refractivity contribution is -0.120. The van der Waals surface area contributed by atoms with Crippen LogP contribution in [0.15, 0.2) is 42.9 Å². The molecular formula is C19H21N7O2. The highest BCUT2D eigenvalue weighted by Gasteiger charge is 2.20. The van der Waals surface area contributed by atoms with Crippen molar-refractivity contribution >= 4 is 23.4 Å². The SMILES string of the molecule is C[C@H]1CNC(=O)CCN1Cc1ccc(C(=O)Nc2ccnc3ncnn23)cc1. The van der Waals surface area contributed by atoms with Crippen molar-refractivity contribution in [3.8, 4) is 0 Å². The number of anilines is 1. The van der Waals surface area contributed by atoms with E-state index < -0.39 is 0 Å². The molecule has 4 rings (SSSR count).